The van der Waals surface area contributed by atoms with Crippen molar-refractivity contribution in [3.63, 3.8) is 0 Å². The first-order valence-electron chi connectivity index (χ1n) is 31.1. The summed E-state index contributed by atoms with van der Waals surface area (Å²) in [7, 11) is 0. The van der Waals surface area contributed by atoms with Crippen LogP contribution in [0.1, 0.15) is 315 Å². The lowest BCUT2D eigenvalue weighted by Gasteiger charge is -2.46. The van der Waals surface area contributed by atoms with E-state index in [2.05, 4.69) is 95.3 Å². The molecule has 6 atom stereocenters. The summed E-state index contributed by atoms with van der Waals surface area (Å²) in [5.74, 6) is 4.61. The molecule has 0 radical (unpaired) electrons. The fraction of sp³-hybridized carbons (Fsp3) is 0.848. The van der Waals surface area contributed by atoms with E-state index in [-0.39, 0.29) is 0 Å². The number of rotatable bonds is 44. The summed E-state index contributed by atoms with van der Waals surface area (Å²) in [6.45, 7) is 16.8. The molecule has 2 aliphatic carbocycles. The number of fused-ring (bicyclic) bond motifs is 1. The third-order valence-electron chi connectivity index (χ3n) is 17.2. The summed E-state index contributed by atoms with van der Waals surface area (Å²) in [4.78, 5) is 0. The molecule has 3 rings (SSSR count). The van der Waals surface area contributed by atoms with Crippen LogP contribution < -0.4 is 0 Å². The SMILES string of the molecule is CCCCCCCc1ccc(CCCCCC)c(CC(CCCCCC)C2=CC3CC(CCCCC)C(CCCCC)C=C3C(CCCCCCI)C2CCCCCC)c1CCCCCCC. The minimum atomic E-state index is 0.689. The van der Waals surface area contributed by atoms with Gasteiger partial charge in [-0.3, -0.25) is 0 Å². The Morgan fingerprint density at radius 1 is 0.433 bits per heavy atom. The molecular weight excluding hydrogens is 920 g/mol. The van der Waals surface area contributed by atoms with Crippen molar-refractivity contribution < 1.29 is 0 Å². The molecule has 1 heteroatoms. The third-order valence-corrected chi connectivity index (χ3v) is 17.9. The Bertz CT molecular complexity index is 1380. The molecule has 0 fully saturated rings. The maximum Gasteiger partial charge on any atom is -0.000473 e. The Labute approximate surface area is 435 Å². The largest absolute Gasteiger partial charge is 0.0864 e. The number of alkyl halides is 1. The number of benzene rings is 1. The first kappa shape index (κ1) is 60.7. The lowest BCUT2D eigenvalue weighted by Crippen LogP contribution is -2.36. The fourth-order valence-electron chi connectivity index (χ4n) is 13.1. The number of hydrogen-bond donors (Lipinski definition) is 0. The zero-order chi connectivity index (χ0) is 48.2. The van der Waals surface area contributed by atoms with E-state index >= 15 is 0 Å². The molecule has 0 saturated carbocycles. The molecule has 388 valence electrons. The Morgan fingerprint density at radius 2 is 0.881 bits per heavy atom. The molecule has 0 saturated heterocycles. The number of unbranched alkanes of at least 4 members (excludes halogenated alkanes) is 24. The minimum Gasteiger partial charge on any atom is -0.0864 e. The third kappa shape index (κ3) is 23.7. The van der Waals surface area contributed by atoms with E-state index in [1.54, 1.807) is 11.1 Å². The molecule has 0 nitrogen and oxygen atoms in total. The topological polar surface area (TPSA) is 0 Å². The number of aryl methyl sites for hydroxylation is 2. The van der Waals surface area contributed by atoms with Crippen LogP contribution in [0.25, 0.3) is 0 Å². The van der Waals surface area contributed by atoms with Gasteiger partial charge in [0, 0.05) is 0 Å². The summed E-state index contributed by atoms with van der Waals surface area (Å²) < 4.78 is 1.32. The van der Waals surface area contributed by atoms with Crippen LogP contribution in [0.5, 0.6) is 0 Å². The Kier molecular flexibility index (Phi) is 36.2. The summed E-state index contributed by atoms with van der Waals surface area (Å²) in [5.41, 5.74) is 11.2. The van der Waals surface area contributed by atoms with Crippen LogP contribution in [0, 0.1) is 35.5 Å². The molecule has 1 aromatic rings. The van der Waals surface area contributed by atoms with Crippen molar-refractivity contribution >= 4 is 22.6 Å². The van der Waals surface area contributed by atoms with Gasteiger partial charge in [0.25, 0.3) is 0 Å². The van der Waals surface area contributed by atoms with Crippen molar-refractivity contribution in [2.45, 2.75) is 318 Å². The molecular formula is C66H117I. The highest BCUT2D eigenvalue weighted by Gasteiger charge is 2.42. The van der Waals surface area contributed by atoms with Crippen molar-refractivity contribution in [1.29, 1.82) is 0 Å². The minimum absolute atomic E-state index is 0.689. The highest BCUT2D eigenvalue weighted by atomic mass is 127. The molecule has 0 aromatic heterocycles. The van der Waals surface area contributed by atoms with Crippen LogP contribution in [0.2, 0.25) is 0 Å². The lowest BCUT2D eigenvalue weighted by atomic mass is 9.58. The molecule has 0 heterocycles. The van der Waals surface area contributed by atoms with Gasteiger partial charge in [-0.2, -0.15) is 0 Å². The second kappa shape index (κ2) is 40.0. The standard InChI is InChI=1S/C66H117I/c1-8-15-22-27-35-40-55-48-49-56(41-33-24-17-10-3)64(61(55)45-37-28-23-16-9-2)53-59(44-34-25-18-11-4)65-54-60-51-57(42-31-20-13-6)58(43-32-21-14-7)52-66(60)63(47-38-29-30-39-50-67)62(65)46-36-26-19-12-5/h48-49,52,54,57-60,62-63H,8-47,50-51,53H2,1-7H3. The van der Waals surface area contributed by atoms with Gasteiger partial charge in [-0.15, -0.1) is 0 Å². The number of allylic oxidation sites excluding steroid dienone is 4. The molecule has 6 unspecified atom stereocenters. The number of halogens is 1. The summed E-state index contributed by atoms with van der Waals surface area (Å²) >= 11 is 2.62. The van der Waals surface area contributed by atoms with Gasteiger partial charge < -0.3 is 0 Å². The maximum absolute atomic E-state index is 3.09. The monoisotopic (exact) mass is 1040 g/mol. The Balaban J connectivity index is 2.28. The van der Waals surface area contributed by atoms with Crippen molar-refractivity contribution in [3.05, 3.63) is 57.7 Å². The van der Waals surface area contributed by atoms with Gasteiger partial charge >= 0.3 is 0 Å². The summed E-state index contributed by atoms with van der Waals surface area (Å²) in [6, 6.07) is 5.38. The average Bonchev–Trinajstić information content (AvgIpc) is 3.33. The van der Waals surface area contributed by atoms with E-state index in [0.29, 0.717) is 11.8 Å². The van der Waals surface area contributed by atoms with Gasteiger partial charge in [-0.05, 0) is 152 Å². The molecule has 1 aromatic carbocycles. The quantitative estimate of drug-likeness (QED) is 0.0264. The average molecular weight is 1040 g/mol. The van der Waals surface area contributed by atoms with E-state index in [0.717, 1.165) is 23.7 Å². The summed E-state index contributed by atoms with van der Waals surface area (Å²) in [5, 5.41) is 0. The maximum atomic E-state index is 3.09. The predicted molar refractivity (Wildman–Crippen MR) is 312 cm³/mol. The molecule has 67 heavy (non-hydrogen) atoms. The van der Waals surface area contributed by atoms with Gasteiger partial charge in [0.15, 0.2) is 0 Å². The van der Waals surface area contributed by atoms with E-state index in [9.17, 15) is 0 Å². The van der Waals surface area contributed by atoms with Crippen molar-refractivity contribution in [1.82, 2.24) is 0 Å². The van der Waals surface area contributed by atoms with Gasteiger partial charge in [-0.1, -0.05) is 286 Å². The Hall–Kier alpha value is -0.570. The van der Waals surface area contributed by atoms with Crippen LogP contribution in [0.4, 0.5) is 0 Å². The van der Waals surface area contributed by atoms with Crippen LogP contribution in [0.3, 0.4) is 0 Å². The molecule has 0 aliphatic heterocycles. The molecule has 0 amide bonds. The van der Waals surface area contributed by atoms with Gasteiger partial charge in [-0.25, -0.2) is 0 Å². The lowest BCUT2D eigenvalue weighted by molar-refractivity contribution is 0.226. The normalized spacial score (nSPS) is 20.0. The van der Waals surface area contributed by atoms with Crippen molar-refractivity contribution in [2.24, 2.45) is 35.5 Å². The predicted octanol–water partition coefficient (Wildman–Crippen LogP) is 22.8. The zero-order valence-electron chi connectivity index (χ0n) is 46.6. The molecule has 0 N–H and O–H groups in total. The highest BCUT2D eigenvalue weighted by molar-refractivity contribution is 14.1. The smallest absolute Gasteiger partial charge is 0.000473 e. The van der Waals surface area contributed by atoms with Gasteiger partial charge in [0.2, 0.25) is 0 Å². The van der Waals surface area contributed by atoms with Crippen molar-refractivity contribution in [2.75, 3.05) is 4.43 Å². The van der Waals surface area contributed by atoms with Crippen LogP contribution >= 0.6 is 22.6 Å². The Morgan fingerprint density at radius 3 is 1.48 bits per heavy atom. The molecule has 2 aliphatic rings. The molecule has 0 bridgehead atoms. The van der Waals surface area contributed by atoms with E-state index < -0.39 is 0 Å². The van der Waals surface area contributed by atoms with E-state index in [1.807, 2.05) is 22.3 Å². The number of hydrogen-bond acceptors (Lipinski definition) is 0. The van der Waals surface area contributed by atoms with Gasteiger partial charge in [0.05, 0.1) is 0 Å². The summed E-state index contributed by atoms with van der Waals surface area (Å²) in [6.07, 6.45) is 64.7. The van der Waals surface area contributed by atoms with Crippen LogP contribution in [-0.2, 0) is 25.7 Å². The zero-order valence-corrected chi connectivity index (χ0v) is 48.7. The second-order valence-electron chi connectivity index (χ2n) is 22.8. The molecule has 0 spiro atoms. The van der Waals surface area contributed by atoms with Crippen LogP contribution in [-0.4, -0.2) is 4.43 Å². The fourth-order valence-corrected chi connectivity index (χ4v) is 13.6. The highest BCUT2D eigenvalue weighted by Crippen LogP contribution is 2.53. The van der Waals surface area contributed by atoms with E-state index in [4.69, 9.17) is 0 Å². The second-order valence-corrected chi connectivity index (χ2v) is 23.9. The van der Waals surface area contributed by atoms with Gasteiger partial charge in [0.1, 0.15) is 0 Å². The van der Waals surface area contributed by atoms with Crippen molar-refractivity contribution in [3.8, 4) is 0 Å². The van der Waals surface area contributed by atoms with E-state index in [1.165, 1.54) is 274 Å². The van der Waals surface area contributed by atoms with Crippen LogP contribution in [0.15, 0.2) is 35.4 Å². The first-order chi connectivity index (χ1) is 33.0. The first-order valence-corrected chi connectivity index (χ1v) is 32.6.